The van der Waals surface area contributed by atoms with E-state index in [4.69, 9.17) is 4.98 Å². The van der Waals surface area contributed by atoms with Gasteiger partial charge in [0.15, 0.2) is 0 Å². The van der Waals surface area contributed by atoms with Crippen molar-refractivity contribution < 1.29 is 4.79 Å². The molecule has 1 amide bonds. The quantitative estimate of drug-likeness (QED) is 0.377. The fraction of sp³-hybridized carbons (Fsp3) is 0.120. The highest BCUT2D eigenvalue weighted by Gasteiger charge is 2.11. The number of H-pyrrole nitrogens is 1. The van der Waals surface area contributed by atoms with E-state index in [9.17, 15) is 4.79 Å². The van der Waals surface area contributed by atoms with Gasteiger partial charge >= 0.3 is 0 Å². The molecule has 0 unspecified atom stereocenters. The van der Waals surface area contributed by atoms with Crippen LogP contribution >= 0.6 is 0 Å². The third-order valence-corrected chi connectivity index (χ3v) is 5.30. The first kappa shape index (κ1) is 17.4. The lowest BCUT2D eigenvalue weighted by atomic mass is 10.1. The van der Waals surface area contributed by atoms with Crippen LogP contribution in [0, 0.1) is 0 Å². The Bertz CT molecular complexity index is 1300. The van der Waals surface area contributed by atoms with E-state index < -0.39 is 0 Å². The van der Waals surface area contributed by atoms with Crippen molar-refractivity contribution >= 4 is 44.3 Å². The molecule has 2 heterocycles. The number of nitrogens with one attached hydrogen (secondary N) is 2. The van der Waals surface area contributed by atoms with Crippen LogP contribution in [0.25, 0.3) is 32.6 Å². The van der Waals surface area contributed by atoms with Gasteiger partial charge in [-0.05, 0) is 41.8 Å². The second-order valence-electron chi connectivity index (χ2n) is 7.31. The maximum Gasteiger partial charge on any atom is 0.225 e. The Morgan fingerprint density at radius 2 is 1.59 bits per heavy atom. The lowest BCUT2D eigenvalue weighted by molar-refractivity contribution is -0.116. The zero-order valence-corrected chi connectivity index (χ0v) is 16.0. The summed E-state index contributed by atoms with van der Waals surface area (Å²) >= 11 is 0. The van der Waals surface area contributed by atoms with Gasteiger partial charge in [-0.15, -0.1) is 0 Å². The number of nitrogens with zero attached hydrogens (tertiary/aromatic N) is 1. The van der Waals surface area contributed by atoms with Crippen LogP contribution in [-0.4, -0.2) is 15.9 Å². The van der Waals surface area contributed by atoms with Crippen molar-refractivity contribution in [1.82, 2.24) is 9.97 Å². The largest absolute Gasteiger partial charge is 0.358 e. The molecule has 0 fully saturated rings. The van der Waals surface area contributed by atoms with E-state index in [1.165, 1.54) is 5.39 Å². The molecular weight excluding hydrogens is 358 g/mol. The summed E-state index contributed by atoms with van der Waals surface area (Å²) in [4.78, 5) is 20.7. The van der Waals surface area contributed by atoms with E-state index in [0.717, 1.165) is 45.7 Å². The molecule has 142 valence electrons. The first-order valence-electron chi connectivity index (χ1n) is 9.92. The summed E-state index contributed by atoms with van der Waals surface area (Å²) in [5.41, 5.74) is 3.19. The Hall–Kier alpha value is -3.66. The second kappa shape index (κ2) is 7.40. The number of para-hydroxylation sites is 2. The molecule has 4 nitrogen and oxygen atoms in total. The molecule has 0 aliphatic heterocycles. The SMILES string of the molecule is O=C(CCCc1cc2ccccc2[nH]1)Nc1nc2ccccc2c2ccccc12. The van der Waals surface area contributed by atoms with Crippen LogP contribution in [0.3, 0.4) is 0 Å². The van der Waals surface area contributed by atoms with Gasteiger partial charge in [0, 0.05) is 28.4 Å². The van der Waals surface area contributed by atoms with Crippen molar-refractivity contribution in [1.29, 1.82) is 0 Å². The number of benzene rings is 3. The first-order valence-corrected chi connectivity index (χ1v) is 9.92. The van der Waals surface area contributed by atoms with Gasteiger partial charge in [0.2, 0.25) is 5.91 Å². The number of pyridine rings is 1. The molecule has 0 bridgehead atoms. The minimum atomic E-state index is -0.00551. The summed E-state index contributed by atoms with van der Waals surface area (Å²) in [6.07, 6.45) is 2.08. The number of carbonyl (C=O) groups excluding carboxylic acids is 1. The van der Waals surface area contributed by atoms with Gasteiger partial charge < -0.3 is 10.3 Å². The highest BCUT2D eigenvalue weighted by atomic mass is 16.1. The topological polar surface area (TPSA) is 57.8 Å². The van der Waals surface area contributed by atoms with Crippen LogP contribution in [0.1, 0.15) is 18.5 Å². The molecule has 4 heteroatoms. The molecule has 0 radical (unpaired) electrons. The van der Waals surface area contributed by atoms with Crippen LogP contribution in [0.2, 0.25) is 0 Å². The number of hydrogen-bond acceptors (Lipinski definition) is 2. The minimum Gasteiger partial charge on any atom is -0.358 e. The molecule has 0 saturated carbocycles. The van der Waals surface area contributed by atoms with Crippen LogP contribution in [0.5, 0.6) is 0 Å². The van der Waals surface area contributed by atoms with Gasteiger partial charge in [0.25, 0.3) is 0 Å². The summed E-state index contributed by atoms with van der Waals surface area (Å²) < 4.78 is 0. The Kier molecular flexibility index (Phi) is 4.45. The van der Waals surface area contributed by atoms with Gasteiger partial charge in [-0.1, -0.05) is 60.7 Å². The third kappa shape index (κ3) is 3.45. The number of amides is 1. The minimum absolute atomic E-state index is 0.00551. The molecule has 0 spiro atoms. The number of carbonyl (C=O) groups is 1. The van der Waals surface area contributed by atoms with Crippen LogP contribution < -0.4 is 5.32 Å². The van der Waals surface area contributed by atoms with E-state index in [2.05, 4.69) is 40.6 Å². The molecule has 29 heavy (non-hydrogen) atoms. The smallest absolute Gasteiger partial charge is 0.225 e. The molecular formula is C25H21N3O. The van der Waals surface area contributed by atoms with Gasteiger partial charge in [0.05, 0.1) is 5.52 Å². The van der Waals surface area contributed by atoms with Crippen molar-refractivity contribution in [3.63, 3.8) is 0 Å². The van der Waals surface area contributed by atoms with E-state index in [1.54, 1.807) is 0 Å². The van der Waals surface area contributed by atoms with Gasteiger partial charge in [-0.3, -0.25) is 4.79 Å². The molecule has 0 saturated heterocycles. The van der Waals surface area contributed by atoms with Crippen LogP contribution in [-0.2, 0) is 11.2 Å². The summed E-state index contributed by atoms with van der Waals surface area (Å²) in [6, 6.07) is 26.5. The lowest BCUT2D eigenvalue weighted by Gasteiger charge is -2.10. The Morgan fingerprint density at radius 1 is 0.862 bits per heavy atom. The predicted octanol–water partition coefficient (Wildman–Crippen LogP) is 5.83. The van der Waals surface area contributed by atoms with E-state index >= 15 is 0 Å². The number of rotatable bonds is 5. The Morgan fingerprint density at radius 3 is 2.45 bits per heavy atom. The molecule has 5 rings (SSSR count). The number of fused-ring (bicyclic) bond motifs is 4. The third-order valence-electron chi connectivity index (χ3n) is 5.30. The summed E-state index contributed by atoms with van der Waals surface area (Å²) in [5, 5.41) is 7.40. The van der Waals surface area contributed by atoms with Gasteiger partial charge in [-0.2, -0.15) is 0 Å². The van der Waals surface area contributed by atoms with Crippen molar-refractivity contribution in [3.8, 4) is 0 Å². The van der Waals surface area contributed by atoms with Crippen LogP contribution in [0.4, 0.5) is 5.82 Å². The first-order chi connectivity index (χ1) is 14.3. The second-order valence-corrected chi connectivity index (χ2v) is 7.31. The monoisotopic (exact) mass is 379 g/mol. The van der Waals surface area contributed by atoms with Crippen molar-refractivity contribution in [2.75, 3.05) is 5.32 Å². The van der Waals surface area contributed by atoms with Gasteiger partial charge in [-0.25, -0.2) is 4.98 Å². The fourth-order valence-corrected chi connectivity index (χ4v) is 3.90. The maximum absolute atomic E-state index is 12.6. The highest BCUT2D eigenvalue weighted by Crippen LogP contribution is 2.29. The van der Waals surface area contributed by atoms with Crippen molar-refractivity contribution in [2.24, 2.45) is 0 Å². The van der Waals surface area contributed by atoms with Crippen molar-refractivity contribution in [2.45, 2.75) is 19.3 Å². The summed E-state index contributed by atoms with van der Waals surface area (Å²) in [6.45, 7) is 0. The molecule has 3 aromatic carbocycles. The molecule has 2 aromatic heterocycles. The van der Waals surface area contributed by atoms with E-state index in [-0.39, 0.29) is 5.91 Å². The predicted molar refractivity (Wildman–Crippen MR) is 119 cm³/mol. The fourth-order valence-electron chi connectivity index (χ4n) is 3.90. The number of aryl methyl sites for hydroxylation is 1. The summed E-state index contributed by atoms with van der Waals surface area (Å²) in [5.74, 6) is 0.629. The highest BCUT2D eigenvalue weighted by molar-refractivity contribution is 6.12. The molecule has 5 aromatic rings. The number of hydrogen-bond donors (Lipinski definition) is 2. The molecule has 0 atom stereocenters. The Labute approximate surface area is 168 Å². The normalized spacial score (nSPS) is 11.3. The lowest BCUT2D eigenvalue weighted by Crippen LogP contribution is -2.13. The molecule has 0 aliphatic rings. The number of aromatic nitrogens is 2. The zero-order valence-electron chi connectivity index (χ0n) is 16.0. The van der Waals surface area contributed by atoms with Crippen LogP contribution in [0.15, 0.2) is 78.9 Å². The molecule has 0 aliphatic carbocycles. The Balaban J connectivity index is 1.31. The zero-order chi connectivity index (χ0) is 19.6. The molecule has 2 N–H and O–H groups in total. The van der Waals surface area contributed by atoms with E-state index in [0.29, 0.717) is 12.2 Å². The average molecular weight is 379 g/mol. The van der Waals surface area contributed by atoms with Gasteiger partial charge in [0.1, 0.15) is 5.82 Å². The standard InChI is InChI=1S/C25H21N3O/c29-24(15-7-9-18-16-17-8-1-5-13-22(17)26-18)28-25-21-12-3-2-10-19(21)20-11-4-6-14-23(20)27-25/h1-6,8,10-14,16,26H,7,9,15H2,(H,27,28,29). The number of aromatic amines is 1. The maximum atomic E-state index is 12.6. The number of anilines is 1. The average Bonchev–Trinajstić information content (AvgIpc) is 3.17. The van der Waals surface area contributed by atoms with E-state index in [1.807, 2.05) is 48.5 Å². The summed E-state index contributed by atoms with van der Waals surface area (Å²) in [7, 11) is 0. The van der Waals surface area contributed by atoms with Crippen molar-refractivity contribution in [3.05, 3.63) is 84.6 Å².